The van der Waals surface area contributed by atoms with Crippen LogP contribution in [0.5, 0.6) is 0 Å². The molecule has 0 saturated heterocycles. The van der Waals surface area contributed by atoms with E-state index < -0.39 is 0 Å². The Balaban J connectivity index is 0.00000231. The van der Waals surface area contributed by atoms with Crippen molar-refractivity contribution in [3.63, 3.8) is 0 Å². The molecule has 31 heavy (non-hydrogen) atoms. The van der Waals surface area contributed by atoms with Crippen molar-refractivity contribution in [1.82, 2.24) is 0 Å². The first-order chi connectivity index (χ1) is 14.3. The quantitative estimate of drug-likeness (QED) is 0.279. The van der Waals surface area contributed by atoms with Crippen LogP contribution in [-0.4, -0.2) is 17.0 Å². The standard InChI is InChI=1S/C28H43O2.U/c1-18(29)26-20(15-19-7-5-4-6-8-19)16-25-23-10-9-21-17-22(30)11-13-27(21,2)24(23)12-14-28(25,26)3;/h9,15,19-20,22-26,30H,4-8,10-14,16-17H2,1-3H3;/q-1;/t20-,22?,23?,24?,25?,26?,27?,28?;/m1./s1. The van der Waals surface area contributed by atoms with Crippen LogP contribution in [0.25, 0.3) is 0 Å². The average molecular weight is 650 g/mol. The Labute approximate surface area is 214 Å². The summed E-state index contributed by atoms with van der Waals surface area (Å²) in [4.78, 5) is 13.0. The van der Waals surface area contributed by atoms with Gasteiger partial charge in [0.1, 0.15) is 5.78 Å². The van der Waals surface area contributed by atoms with E-state index in [1.807, 2.05) is 6.92 Å². The van der Waals surface area contributed by atoms with Crippen LogP contribution >= 0.6 is 0 Å². The number of allylic oxidation sites excluding steroid dienone is 1. The molecular formula is C28H43O2U-. The van der Waals surface area contributed by atoms with Gasteiger partial charge in [0.25, 0.3) is 0 Å². The summed E-state index contributed by atoms with van der Waals surface area (Å²) in [5.41, 5.74) is 2.04. The molecule has 2 nitrogen and oxygen atoms in total. The number of Topliss-reactive ketones (excluding diaryl/α,β-unsaturated/α-hetero) is 1. The molecule has 3 heteroatoms. The Hall–Kier alpha value is 0.422. The summed E-state index contributed by atoms with van der Waals surface area (Å²) in [7, 11) is 0. The first kappa shape index (κ1) is 24.5. The van der Waals surface area contributed by atoms with Crippen molar-refractivity contribution < 1.29 is 41.0 Å². The number of aliphatic hydroxyl groups is 1. The number of carbonyl (C=O) groups excluding carboxylic acids is 1. The van der Waals surface area contributed by atoms with E-state index in [9.17, 15) is 9.90 Å². The maximum Gasteiger partial charge on any atom is 0.131 e. The summed E-state index contributed by atoms with van der Waals surface area (Å²) < 4.78 is 0. The molecule has 5 rings (SSSR count). The minimum Gasteiger partial charge on any atom is -0.393 e. The van der Waals surface area contributed by atoms with Gasteiger partial charge in [-0.1, -0.05) is 64.0 Å². The number of rotatable bonds is 3. The van der Waals surface area contributed by atoms with Crippen molar-refractivity contribution in [2.24, 2.45) is 46.3 Å². The third kappa shape index (κ3) is 4.10. The van der Waals surface area contributed by atoms with Gasteiger partial charge in [-0.2, -0.15) is 11.8 Å². The van der Waals surface area contributed by atoms with Crippen molar-refractivity contribution in [3.05, 3.63) is 18.1 Å². The monoisotopic (exact) mass is 649 g/mol. The predicted molar refractivity (Wildman–Crippen MR) is 122 cm³/mol. The zero-order valence-corrected chi connectivity index (χ0v) is 24.2. The zero-order valence-electron chi connectivity index (χ0n) is 20.0. The van der Waals surface area contributed by atoms with Gasteiger partial charge in [-0.25, -0.2) is 0 Å². The molecule has 5 aliphatic rings. The Kier molecular flexibility index (Phi) is 7.31. The summed E-state index contributed by atoms with van der Waals surface area (Å²) in [6.07, 6.45) is 19.9. The van der Waals surface area contributed by atoms with E-state index in [4.69, 9.17) is 0 Å². The molecule has 0 aromatic rings. The minimum atomic E-state index is -0.127. The normalized spacial score (nSPS) is 47.4. The van der Waals surface area contributed by atoms with Crippen molar-refractivity contribution >= 4 is 5.78 Å². The molecule has 7 unspecified atom stereocenters. The Morgan fingerprint density at radius 3 is 2.52 bits per heavy atom. The van der Waals surface area contributed by atoms with E-state index in [1.165, 1.54) is 57.8 Å². The molecular weight excluding hydrogens is 606 g/mol. The van der Waals surface area contributed by atoms with Crippen LogP contribution in [0.2, 0.25) is 0 Å². The van der Waals surface area contributed by atoms with Crippen molar-refractivity contribution in [3.8, 4) is 0 Å². The van der Waals surface area contributed by atoms with E-state index in [0.717, 1.165) is 37.0 Å². The fraction of sp³-hybridized carbons (Fsp3) is 0.857. The van der Waals surface area contributed by atoms with Crippen molar-refractivity contribution in [2.75, 3.05) is 0 Å². The van der Waals surface area contributed by atoms with Crippen LogP contribution in [0.3, 0.4) is 0 Å². The van der Waals surface area contributed by atoms with Gasteiger partial charge in [0.2, 0.25) is 0 Å². The van der Waals surface area contributed by atoms with Gasteiger partial charge >= 0.3 is 0 Å². The smallest absolute Gasteiger partial charge is 0.131 e. The molecule has 0 aliphatic heterocycles. The van der Waals surface area contributed by atoms with Crippen LogP contribution < -0.4 is 0 Å². The van der Waals surface area contributed by atoms with Gasteiger partial charge < -0.3 is 11.5 Å². The molecule has 4 fully saturated rings. The second-order valence-corrected chi connectivity index (χ2v) is 12.3. The number of fused-ring (bicyclic) bond motifs is 5. The third-order valence-electron chi connectivity index (χ3n) is 10.8. The van der Waals surface area contributed by atoms with E-state index in [1.54, 1.807) is 5.57 Å². The van der Waals surface area contributed by atoms with Gasteiger partial charge in [-0.15, -0.1) is 0 Å². The van der Waals surface area contributed by atoms with Crippen molar-refractivity contribution in [2.45, 2.75) is 104 Å². The van der Waals surface area contributed by atoms with Crippen LogP contribution in [0.15, 0.2) is 11.6 Å². The van der Waals surface area contributed by atoms with Crippen LogP contribution in [0, 0.1) is 83.9 Å². The minimum absolute atomic E-state index is 0. The molecule has 0 radical (unpaired) electrons. The second-order valence-electron chi connectivity index (χ2n) is 12.3. The number of hydrogen-bond donors (Lipinski definition) is 1. The predicted octanol–water partition coefficient (Wildman–Crippen LogP) is 6.53. The van der Waals surface area contributed by atoms with E-state index in [0.29, 0.717) is 23.0 Å². The maximum atomic E-state index is 13.0. The number of carbonyl (C=O) groups is 1. The average Bonchev–Trinajstić information content (AvgIpc) is 3.01. The molecule has 0 spiro atoms. The topological polar surface area (TPSA) is 37.3 Å². The summed E-state index contributed by atoms with van der Waals surface area (Å²) in [6, 6.07) is 0. The molecule has 172 valence electrons. The SMILES string of the molecule is CC(=O)C1[C@H]([CH-]C2CCCCC2)CC2C3CC=C4CC(O)CCC4(C)C3CCC21C.[U]. The molecule has 1 N–H and O–H groups in total. The first-order valence-electron chi connectivity index (χ1n) is 13.1. The van der Waals surface area contributed by atoms with E-state index in [2.05, 4.69) is 26.3 Å². The molecule has 8 atom stereocenters. The molecule has 4 saturated carbocycles. The molecule has 0 aromatic heterocycles. The number of hydrogen-bond acceptors (Lipinski definition) is 2. The largest absolute Gasteiger partial charge is 0.393 e. The van der Waals surface area contributed by atoms with Crippen LogP contribution in [-0.2, 0) is 4.79 Å². The van der Waals surface area contributed by atoms with Gasteiger partial charge in [0.15, 0.2) is 0 Å². The van der Waals surface area contributed by atoms with E-state index >= 15 is 0 Å². The van der Waals surface area contributed by atoms with Gasteiger partial charge in [-0.05, 0) is 80.0 Å². The Bertz CT molecular complexity index is 710. The second kappa shape index (κ2) is 9.23. The molecule has 0 amide bonds. The molecule has 5 aliphatic carbocycles. The van der Waals surface area contributed by atoms with Gasteiger partial charge in [0, 0.05) is 31.1 Å². The van der Waals surface area contributed by atoms with Gasteiger partial charge in [-0.3, -0.25) is 4.79 Å². The summed E-state index contributed by atoms with van der Waals surface area (Å²) in [6.45, 7) is 6.88. The van der Waals surface area contributed by atoms with Crippen LogP contribution in [0.1, 0.15) is 97.8 Å². The summed E-state index contributed by atoms with van der Waals surface area (Å²) in [5.74, 6) is 4.14. The molecule has 0 aromatic carbocycles. The fourth-order valence-electron chi connectivity index (χ4n) is 9.37. The van der Waals surface area contributed by atoms with Gasteiger partial charge in [0.05, 0.1) is 6.10 Å². The third-order valence-corrected chi connectivity index (χ3v) is 10.8. The molecule has 0 heterocycles. The summed E-state index contributed by atoms with van der Waals surface area (Å²) >= 11 is 0. The maximum absolute atomic E-state index is 13.0. The fourth-order valence-corrected chi connectivity index (χ4v) is 9.37. The van der Waals surface area contributed by atoms with Crippen LogP contribution in [0.4, 0.5) is 0 Å². The van der Waals surface area contributed by atoms with E-state index in [-0.39, 0.29) is 48.6 Å². The molecule has 0 bridgehead atoms. The zero-order chi connectivity index (χ0) is 21.1. The Morgan fingerprint density at radius 1 is 1.06 bits per heavy atom. The summed E-state index contributed by atoms with van der Waals surface area (Å²) in [5, 5.41) is 10.3. The Morgan fingerprint density at radius 2 is 1.81 bits per heavy atom. The van der Waals surface area contributed by atoms with Crippen molar-refractivity contribution in [1.29, 1.82) is 0 Å². The number of aliphatic hydroxyl groups excluding tert-OH is 1. The first-order valence-corrected chi connectivity index (χ1v) is 13.1. The number of ketones is 1.